The largest absolute Gasteiger partial charge is 0.325 e. The molecule has 1 fully saturated rings. The average Bonchev–Trinajstić information content (AvgIpc) is 2.49. The molecule has 0 spiro atoms. The van der Waals surface area contributed by atoms with Crippen LogP contribution in [0, 0.1) is 6.92 Å². The van der Waals surface area contributed by atoms with Crippen LogP contribution in [0.5, 0.6) is 0 Å². The van der Waals surface area contributed by atoms with Gasteiger partial charge in [-0.3, -0.25) is 0 Å². The second-order valence-corrected chi connectivity index (χ2v) is 8.01. The second kappa shape index (κ2) is 9.21. The van der Waals surface area contributed by atoms with Gasteiger partial charge < -0.3 is 10.2 Å². The standard InChI is InChI=1S/C19H30N2OS/c1-4-16(3)23-17-10-11-18(15(2)14-17)20-19(22)21-12-8-6-5-7-9-13-21/h10-11,14,16H,4-9,12-13H2,1-3H3,(H,20,22). The van der Waals surface area contributed by atoms with Gasteiger partial charge in [0.05, 0.1) is 0 Å². The number of carbonyl (C=O) groups excluding carboxylic acids is 1. The summed E-state index contributed by atoms with van der Waals surface area (Å²) in [5.74, 6) is 0. The molecule has 2 amide bonds. The number of amides is 2. The predicted octanol–water partition coefficient (Wildman–Crippen LogP) is 5.68. The molecule has 1 aromatic rings. The normalized spacial score (nSPS) is 17.3. The highest BCUT2D eigenvalue weighted by atomic mass is 32.2. The lowest BCUT2D eigenvalue weighted by Gasteiger charge is -2.25. The van der Waals surface area contributed by atoms with Crippen LogP contribution in [0.15, 0.2) is 23.1 Å². The maximum atomic E-state index is 12.5. The van der Waals surface area contributed by atoms with Gasteiger partial charge in [0.2, 0.25) is 0 Å². The number of anilines is 1. The van der Waals surface area contributed by atoms with Crippen molar-refractivity contribution in [3.8, 4) is 0 Å². The second-order valence-electron chi connectivity index (χ2n) is 6.50. The van der Waals surface area contributed by atoms with Crippen molar-refractivity contribution in [1.29, 1.82) is 0 Å². The molecule has 0 aliphatic carbocycles. The van der Waals surface area contributed by atoms with Gasteiger partial charge in [0.25, 0.3) is 0 Å². The van der Waals surface area contributed by atoms with Gasteiger partial charge in [-0.25, -0.2) is 4.79 Å². The third kappa shape index (κ3) is 5.76. The van der Waals surface area contributed by atoms with Crippen molar-refractivity contribution >= 4 is 23.5 Å². The third-order valence-corrected chi connectivity index (χ3v) is 5.76. The van der Waals surface area contributed by atoms with Gasteiger partial charge >= 0.3 is 6.03 Å². The summed E-state index contributed by atoms with van der Waals surface area (Å²) in [6.07, 6.45) is 7.20. The van der Waals surface area contributed by atoms with Crippen LogP contribution < -0.4 is 5.32 Å². The number of thioether (sulfide) groups is 1. The number of carbonyl (C=O) groups is 1. The van der Waals surface area contributed by atoms with Gasteiger partial charge in [0.15, 0.2) is 0 Å². The van der Waals surface area contributed by atoms with E-state index in [0.29, 0.717) is 5.25 Å². The van der Waals surface area contributed by atoms with E-state index in [9.17, 15) is 4.79 Å². The Hall–Kier alpha value is -1.16. The summed E-state index contributed by atoms with van der Waals surface area (Å²) in [5, 5.41) is 3.72. The summed E-state index contributed by atoms with van der Waals surface area (Å²) in [5.41, 5.74) is 2.07. The number of benzene rings is 1. The van der Waals surface area contributed by atoms with Gasteiger partial charge in [0, 0.05) is 28.9 Å². The molecule has 1 heterocycles. The van der Waals surface area contributed by atoms with Crippen LogP contribution in [0.25, 0.3) is 0 Å². The Balaban J connectivity index is 1.97. The van der Waals surface area contributed by atoms with Crippen LogP contribution in [0.2, 0.25) is 0 Å². The monoisotopic (exact) mass is 334 g/mol. The molecule has 1 unspecified atom stereocenters. The van der Waals surface area contributed by atoms with Crippen molar-refractivity contribution < 1.29 is 4.79 Å². The van der Waals surface area contributed by atoms with Gasteiger partial charge in [-0.05, 0) is 49.9 Å². The summed E-state index contributed by atoms with van der Waals surface area (Å²) >= 11 is 1.90. The average molecular weight is 335 g/mol. The van der Waals surface area contributed by atoms with E-state index < -0.39 is 0 Å². The maximum Gasteiger partial charge on any atom is 0.321 e. The van der Waals surface area contributed by atoms with Crippen LogP contribution in [-0.4, -0.2) is 29.3 Å². The van der Waals surface area contributed by atoms with Crippen molar-refractivity contribution in [2.24, 2.45) is 0 Å². The third-order valence-electron chi connectivity index (χ3n) is 4.49. The van der Waals surface area contributed by atoms with Crippen LogP contribution in [0.3, 0.4) is 0 Å². The van der Waals surface area contributed by atoms with Crippen molar-refractivity contribution in [3.05, 3.63) is 23.8 Å². The molecule has 23 heavy (non-hydrogen) atoms. The van der Waals surface area contributed by atoms with E-state index in [0.717, 1.165) is 43.6 Å². The maximum absolute atomic E-state index is 12.5. The molecular weight excluding hydrogens is 304 g/mol. The van der Waals surface area contributed by atoms with E-state index in [1.807, 2.05) is 22.7 Å². The lowest BCUT2D eigenvalue weighted by atomic mass is 10.1. The number of hydrogen-bond donors (Lipinski definition) is 1. The molecule has 3 nitrogen and oxygen atoms in total. The van der Waals surface area contributed by atoms with Crippen LogP contribution in [0.1, 0.15) is 57.9 Å². The molecule has 4 heteroatoms. The van der Waals surface area contributed by atoms with Gasteiger partial charge in [-0.2, -0.15) is 0 Å². The Morgan fingerprint density at radius 3 is 2.48 bits per heavy atom. The minimum Gasteiger partial charge on any atom is -0.325 e. The van der Waals surface area contributed by atoms with E-state index >= 15 is 0 Å². The molecule has 1 N–H and O–H groups in total. The Morgan fingerprint density at radius 1 is 1.22 bits per heavy atom. The van der Waals surface area contributed by atoms with Crippen LogP contribution in [0.4, 0.5) is 10.5 Å². The fraction of sp³-hybridized carbons (Fsp3) is 0.632. The molecule has 1 atom stereocenters. The highest BCUT2D eigenvalue weighted by Gasteiger charge is 2.15. The SMILES string of the molecule is CCC(C)Sc1ccc(NC(=O)N2CCCCCCC2)c(C)c1. The molecule has 1 aromatic carbocycles. The number of nitrogens with one attached hydrogen (secondary N) is 1. The Morgan fingerprint density at radius 2 is 1.87 bits per heavy atom. The zero-order valence-electron chi connectivity index (χ0n) is 14.7. The number of aryl methyl sites for hydroxylation is 1. The molecule has 1 aliphatic rings. The zero-order valence-corrected chi connectivity index (χ0v) is 15.5. The number of likely N-dealkylation sites (tertiary alicyclic amines) is 1. The molecule has 0 radical (unpaired) electrons. The van der Waals surface area contributed by atoms with E-state index in [-0.39, 0.29) is 6.03 Å². The van der Waals surface area contributed by atoms with Crippen molar-refractivity contribution in [2.75, 3.05) is 18.4 Å². The van der Waals surface area contributed by atoms with Gasteiger partial charge in [0.1, 0.15) is 0 Å². The van der Waals surface area contributed by atoms with Crippen molar-refractivity contribution in [1.82, 2.24) is 4.90 Å². The number of nitrogens with zero attached hydrogens (tertiary/aromatic N) is 1. The van der Waals surface area contributed by atoms with E-state index in [1.165, 1.54) is 24.2 Å². The van der Waals surface area contributed by atoms with Gasteiger partial charge in [-0.1, -0.05) is 33.1 Å². The number of hydrogen-bond acceptors (Lipinski definition) is 2. The van der Waals surface area contributed by atoms with E-state index in [2.05, 4.69) is 38.2 Å². The highest BCUT2D eigenvalue weighted by Crippen LogP contribution is 2.28. The minimum absolute atomic E-state index is 0.0531. The lowest BCUT2D eigenvalue weighted by molar-refractivity contribution is 0.206. The number of rotatable bonds is 4. The summed E-state index contributed by atoms with van der Waals surface area (Å²) < 4.78 is 0. The quantitative estimate of drug-likeness (QED) is 0.718. The molecule has 1 aliphatic heterocycles. The molecular formula is C19H30N2OS. The Bertz CT molecular complexity index is 510. The number of urea groups is 1. The minimum atomic E-state index is 0.0531. The smallest absolute Gasteiger partial charge is 0.321 e. The summed E-state index contributed by atoms with van der Waals surface area (Å²) in [4.78, 5) is 15.8. The van der Waals surface area contributed by atoms with E-state index in [1.54, 1.807) is 0 Å². The first-order chi connectivity index (χ1) is 11.1. The molecule has 128 valence electrons. The molecule has 0 aromatic heterocycles. The highest BCUT2D eigenvalue weighted by molar-refractivity contribution is 7.99. The summed E-state index contributed by atoms with van der Waals surface area (Å²) in [6.45, 7) is 8.30. The van der Waals surface area contributed by atoms with E-state index in [4.69, 9.17) is 0 Å². The fourth-order valence-electron chi connectivity index (χ4n) is 2.81. The molecule has 1 saturated heterocycles. The first-order valence-electron chi connectivity index (χ1n) is 8.93. The predicted molar refractivity (Wildman–Crippen MR) is 100 cm³/mol. The van der Waals surface area contributed by atoms with Crippen LogP contribution >= 0.6 is 11.8 Å². The first-order valence-corrected chi connectivity index (χ1v) is 9.81. The molecule has 2 rings (SSSR count). The fourth-order valence-corrected chi connectivity index (χ4v) is 3.83. The summed E-state index contributed by atoms with van der Waals surface area (Å²) in [6, 6.07) is 6.40. The van der Waals surface area contributed by atoms with Crippen LogP contribution in [-0.2, 0) is 0 Å². The van der Waals surface area contributed by atoms with Crippen molar-refractivity contribution in [2.45, 2.75) is 69.4 Å². The Labute approximate surface area is 145 Å². The molecule has 0 bridgehead atoms. The topological polar surface area (TPSA) is 32.3 Å². The lowest BCUT2D eigenvalue weighted by Crippen LogP contribution is -2.37. The van der Waals surface area contributed by atoms with Crippen molar-refractivity contribution in [3.63, 3.8) is 0 Å². The van der Waals surface area contributed by atoms with Gasteiger partial charge in [-0.15, -0.1) is 11.8 Å². The zero-order chi connectivity index (χ0) is 16.7. The molecule has 0 saturated carbocycles. The Kier molecular flexibility index (Phi) is 7.28. The summed E-state index contributed by atoms with van der Waals surface area (Å²) in [7, 11) is 0. The first kappa shape index (κ1) is 18.2.